The zero-order chi connectivity index (χ0) is 20.4. The highest BCUT2D eigenvalue weighted by Gasteiger charge is 2.32. The van der Waals surface area contributed by atoms with E-state index < -0.39 is 5.97 Å². The van der Waals surface area contributed by atoms with Crippen LogP contribution in [-0.4, -0.2) is 26.2 Å². The van der Waals surface area contributed by atoms with Crippen LogP contribution in [0.3, 0.4) is 0 Å². The number of hydrogen-bond donors (Lipinski definition) is 1. The number of carboxylic acid groups (broad SMARTS) is 1. The van der Waals surface area contributed by atoms with Crippen molar-refractivity contribution >= 4 is 46.3 Å². The third-order valence-corrected chi connectivity index (χ3v) is 5.73. The molecule has 0 saturated carbocycles. The molecule has 1 amide bonds. The van der Waals surface area contributed by atoms with Crippen molar-refractivity contribution in [3.63, 3.8) is 0 Å². The van der Waals surface area contributed by atoms with Gasteiger partial charge < -0.3 is 9.52 Å². The van der Waals surface area contributed by atoms with Crippen LogP contribution < -0.4 is 0 Å². The first-order chi connectivity index (χ1) is 14.0. The predicted octanol–water partition coefficient (Wildman–Crippen LogP) is 5.05. The standard InChI is InChI=1S/C22H15NO4S2/c24-20-19(29-22(28)23(20)13-14-5-2-1-3-6-14)12-17-9-10-18(27-17)15-7-4-8-16(11-15)21(25)26/h1-12H,13H2,(H,25,26). The zero-order valence-electron chi connectivity index (χ0n) is 15.1. The number of thiocarbonyl (C=S) groups is 1. The topological polar surface area (TPSA) is 70.8 Å². The lowest BCUT2D eigenvalue weighted by atomic mass is 10.1. The average Bonchev–Trinajstić information content (AvgIpc) is 3.29. The Morgan fingerprint density at radius 1 is 1.10 bits per heavy atom. The minimum atomic E-state index is -0.999. The third-order valence-electron chi connectivity index (χ3n) is 4.35. The lowest BCUT2D eigenvalue weighted by Gasteiger charge is -2.14. The van der Waals surface area contributed by atoms with E-state index in [-0.39, 0.29) is 11.5 Å². The maximum atomic E-state index is 12.8. The van der Waals surface area contributed by atoms with Crippen molar-refractivity contribution in [1.82, 2.24) is 4.90 Å². The van der Waals surface area contributed by atoms with Gasteiger partial charge in [0, 0.05) is 11.6 Å². The van der Waals surface area contributed by atoms with Crippen LogP contribution in [-0.2, 0) is 11.3 Å². The van der Waals surface area contributed by atoms with Crippen LogP contribution >= 0.6 is 24.0 Å². The van der Waals surface area contributed by atoms with E-state index in [2.05, 4.69) is 0 Å². The molecule has 0 bridgehead atoms. The fourth-order valence-electron chi connectivity index (χ4n) is 2.92. The molecular formula is C22H15NO4S2. The molecule has 2 aromatic carbocycles. The molecule has 1 fully saturated rings. The van der Waals surface area contributed by atoms with Crippen molar-refractivity contribution in [2.75, 3.05) is 0 Å². The largest absolute Gasteiger partial charge is 0.478 e. The lowest BCUT2D eigenvalue weighted by Crippen LogP contribution is -2.27. The molecule has 7 heteroatoms. The number of furan rings is 1. The number of hydrogen-bond acceptors (Lipinski definition) is 5. The Balaban J connectivity index is 1.55. The van der Waals surface area contributed by atoms with E-state index in [0.29, 0.717) is 32.9 Å². The molecule has 3 aromatic rings. The van der Waals surface area contributed by atoms with E-state index in [1.54, 1.807) is 41.3 Å². The Morgan fingerprint density at radius 2 is 1.90 bits per heavy atom. The van der Waals surface area contributed by atoms with Crippen LogP contribution in [0, 0.1) is 0 Å². The molecule has 0 unspecified atom stereocenters. The van der Waals surface area contributed by atoms with Crippen molar-refractivity contribution in [1.29, 1.82) is 0 Å². The highest BCUT2D eigenvalue weighted by molar-refractivity contribution is 8.26. The summed E-state index contributed by atoms with van der Waals surface area (Å²) in [7, 11) is 0. The van der Waals surface area contributed by atoms with E-state index in [4.69, 9.17) is 21.7 Å². The van der Waals surface area contributed by atoms with E-state index in [0.717, 1.165) is 5.56 Å². The smallest absolute Gasteiger partial charge is 0.335 e. The number of amides is 1. The number of carboxylic acids is 1. The molecule has 1 aliphatic heterocycles. The van der Waals surface area contributed by atoms with Crippen LogP contribution in [0.15, 0.2) is 76.1 Å². The van der Waals surface area contributed by atoms with Gasteiger partial charge in [-0.05, 0) is 29.8 Å². The number of benzene rings is 2. The fraction of sp³-hybridized carbons (Fsp3) is 0.0455. The van der Waals surface area contributed by atoms with E-state index >= 15 is 0 Å². The van der Waals surface area contributed by atoms with Crippen molar-refractivity contribution in [3.05, 3.63) is 88.5 Å². The summed E-state index contributed by atoms with van der Waals surface area (Å²) in [5.41, 5.74) is 1.84. The molecule has 5 nitrogen and oxygen atoms in total. The van der Waals surface area contributed by atoms with Crippen LogP contribution in [0.25, 0.3) is 17.4 Å². The van der Waals surface area contributed by atoms with Crippen molar-refractivity contribution in [2.24, 2.45) is 0 Å². The molecule has 0 atom stereocenters. The number of aromatic carboxylic acids is 1. The minimum Gasteiger partial charge on any atom is -0.478 e. The summed E-state index contributed by atoms with van der Waals surface area (Å²) in [6.07, 6.45) is 1.66. The summed E-state index contributed by atoms with van der Waals surface area (Å²) in [5.74, 6) is -0.129. The molecule has 4 rings (SSSR count). The summed E-state index contributed by atoms with van der Waals surface area (Å²) in [4.78, 5) is 26.0. The Bertz CT molecular complexity index is 1130. The summed E-state index contributed by atoms with van der Waals surface area (Å²) >= 11 is 6.61. The van der Waals surface area contributed by atoms with Crippen LogP contribution in [0.5, 0.6) is 0 Å². The van der Waals surface area contributed by atoms with Crippen molar-refractivity contribution < 1.29 is 19.1 Å². The molecule has 2 heterocycles. The van der Waals surface area contributed by atoms with Gasteiger partial charge in [0.2, 0.25) is 0 Å². The molecule has 29 heavy (non-hydrogen) atoms. The quantitative estimate of drug-likeness (QED) is 0.459. The second-order valence-electron chi connectivity index (χ2n) is 6.34. The second kappa shape index (κ2) is 8.06. The SMILES string of the molecule is O=C(O)c1cccc(-c2ccc(C=C3SC(=S)N(Cc4ccccc4)C3=O)o2)c1. The number of thioether (sulfide) groups is 1. The molecular weight excluding hydrogens is 406 g/mol. The summed E-state index contributed by atoms with van der Waals surface area (Å²) in [6.45, 7) is 0.425. The molecule has 0 aliphatic carbocycles. The molecule has 1 aliphatic rings. The molecule has 0 spiro atoms. The van der Waals surface area contributed by atoms with Gasteiger partial charge in [-0.1, -0.05) is 66.4 Å². The first-order valence-corrected chi connectivity index (χ1v) is 9.96. The highest BCUT2D eigenvalue weighted by Crippen LogP contribution is 2.34. The molecule has 0 radical (unpaired) electrons. The molecule has 1 saturated heterocycles. The van der Waals surface area contributed by atoms with Crippen LogP contribution in [0.1, 0.15) is 21.7 Å². The summed E-state index contributed by atoms with van der Waals surface area (Å²) < 4.78 is 6.31. The maximum Gasteiger partial charge on any atom is 0.335 e. The normalized spacial score (nSPS) is 15.3. The highest BCUT2D eigenvalue weighted by atomic mass is 32.2. The number of carbonyl (C=O) groups is 2. The number of carbonyl (C=O) groups excluding carboxylic acids is 1. The number of nitrogens with zero attached hydrogens (tertiary/aromatic N) is 1. The Hall–Kier alpha value is -3.16. The first-order valence-electron chi connectivity index (χ1n) is 8.74. The lowest BCUT2D eigenvalue weighted by molar-refractivity contribution is -0.122. The van der Waals surface area contributed by atoms with Gasteiger partial charge in [0.25, 0.3) is 5.91 Å². The summed E-state index contributed by atoms with van der Waals surface area (Å²) in [5, 5.41) is 9.14. The van der Waals surface area contributed by atoms with Crippen LogP contribution in [0.2, 0.25) is 0 Å². The minimum absolute atomic E-state index is 0.158. The van der Waals surface area contributed by atoms with Gasteiger partial charge in [-0.2, -0.15) is 0 Å². The van der Waals surface area contributed by atoms with Gasteiger partial charge in [0.05, 0.1) is 17.0 Å². The van der Waals surface area contributed by atoms with Gasteiger partial charge in [-0.3, -0.25) is 9.69 Å². The van der Waals surface area contributed by atoms with Gasteiger partial charge in [-0.25, -0.2) is 4.79 Å². The maximum absolute atomic E-state index is 12.8. The zero-order valence-corrected chi connectivity index (χ0v) is 16.7. The Labute approximate surface area is 176 Å². The molecule has 144 valence electrons. The van der Waals surface area contributed by atoms with Gasteiger partial charge in [0.15, 0.2) is 0 Å². The Morgan fingerprint density at radius 3 is 2.66 bits per heavy atom. The molecule has 1 N–H and O–H groups in total. The Kier molecular flexibility index (Phi) is 5.33. The van der Waals surface area contributed by atoms with E-state index in [9.17, 15) is 9.59 Å². The van der Waals surface area contributed by atoms with Gasteiger partial charge in [0.1, 0.15) is 15.8 Å². The van der Waals surface area contributed by atoms with Gasteiger partial charge >= 0.3 is 5.97 Å². The van der Waals surface area contributed by atoms with Gasteiger partial charge in [-0.15, -0.1) is 0 Å². The summed E-state index contributed by atoms with van der Waals surface area (Å²) in [6, 6.07) is 19.7. The monoisotopic (exact) mass is 421 g/mol. The van der Waals surface area contributed by atoms with E-state index in [1.807, 2.05) is 30.3 Å². The van der Waals surface area contributed by atoms with Crippen LogP contribution in [0.4, 0.5) is 0 Å². The van der Waals surface area contributed by atoms with E-state index in [1.165, 1.54) is 17.8 Å². The second-order valence-corrected chi connectivity index (χ2v) is 8.02. The first kappa shape index (κ1) is 19.2. The third kappa shape index (κ3) is 4.16. The van der Waals surface area contributed by atoms with Crippen molar-refractivity contribution in [2.45, 2.75) is 6.54 Å². The molecule has 1 aromatic heterocycles. The average molecular weight is 421 g/mol. The fourth-order valence-corrected chi connectivity index (χ4v) is 4.16. The predicted molar refractivity (Wildman–Crippen MR) is 116 cm³/mol. The number of rotatable bonds is 5. The van der Waals surface area contributed by atoms with Crippen molar-refractivity contribution in [3.8, 4) is 11.3 Å².